The monoisotopic (exact) mass is 661 g/mol. The molecule has 1 aromatic carbocycles. The highest BCUT2D eigenvalue weighted by Crippen LogP contribution is 2.44. The summed E-state index contributed by atoms with van der Waals surface area (Å²) in [6.07, 6.45) is 2.66. The molecule has 4 aliphatic rings. The van der Waals surface area contributed by atoms with Gasteiger partial charge >= 0.3 is 11.9 Å². The fourth-order valence-corrected chi connectivity index (χ4v) is 7.47. The number of nitrogen functional groups attached to an aromatic ring is 1. The summed E-state index contributed by atoms with van der Waals surface area (Å²) in [7, 11) is 0. The molecule has 4 aliphatic heterocycles. The summed E-state index contributed by atoms with van der Waals surface area (Å²) < 4.78 is 0. The number of piperidine rings is 1. The van der Waals surface area contributed by atoms with Crippen LogP contribution >= 0.6 is 11.3 Å². The molecule has 0 saturated carbocycles. The minimum atomic E-state index is -1.27. The van der Waals surface area contributed by atoms with Gasteiger partial charge in [-0.15, -0.1) is 11.3 Å². The van der Waals surface area contributed by atoms with Crippen molar-refractivity contribution in [2.24, 2.45) is 11.1 Å². The van der Waals surface area contributed by atoms with Crippen molar-refractivity contribution in [2.75, 3.05) is 25.4 Å². The highest BCUT2D eigenvalue weighted by molar-refractivity contribution is 7.13. The fraction of sp³-hybridized carbons (Fsp3) is 0.406. The van der Waals surface area contributed by atoms with E-state index in [4.69, 9.17) is 5.73 Å². The van der Waals surface area contributed by atoms with Crippen LogP contribution in [0.15, 0.2) is 63.3 Å². The Balaban J connectivity index is 1.25. The van der Waals surface area contributed by atoms with Crippen LogP contribution in [0.1, 0.15) is 50.3 Å². The van der Waals surface area contributed by atoms with Crippen molar-refractivity contribution in [1.29, 1.82) is 0 Å². The van der Waals surface area contributed by atoms with Gasteiger partial charge in [0.25, 0.3) is 11.8 Å². The van der Waals surface area contributed by atoms with E-state index in [1.165, 1.54) is 15.8 Å². The Bertz CT molecular complexity index is 1710. The normalized spacial score (nSPS) is 23.2. The van der Waals surface area contributed by atoms with Gasteiger partial charge < -0.3 is 26.3 Å². The number of benzene rings is 1. The van der Waals surface area contributed by atoms with Crippen LogP contribution in [0.5, 0.6) is 0 Å². The SMILES string of the molecule is CC(=O)ON=C(C(=O)N[C@@H]1C(=O)N2C(C(=O)O)=C(C(=C3CCNC3=O)C3CCN(Cc4ccccc4)CC3)CC[C@H]12)c1csc(N)n1. The number of thiazole rings is 1. The zero-order valence-corrected chi connectivity index (χ0v) is 26.5. The van der Waals surface area contributed by atoms with E-state index in [1.807, 2.05) is 18.2 Å². The molecule has 246 valence electrons. The molecule has 14 nitrogen and oxygen atoms in total. The number of β-lactam (4-membered cyclic amide) rings is 1. The van der Waals surface area contributed by atoms with E-state index in [9.17, 15) is 29.1 Å². The number of carbonyl (C=O) groups excluding carboxylic acids is 4. The number of anilines is 1. The Labute approximate surface area is 274 Å². The van der Waals surface area contributed by atoms with Crippen molar-refractivity contribution >= 4 is 51.8 Å². The number of oxime groups is 1. The summed E-state index contributed by atoms with van der Waals surface area (Å²) in [4.78, 5) is 76.4. The van der Waals surface area contributed by atoms with Gasteiger partial charge in [-0.25, -0.2) is 14.6 Å². The number of amides is 3. The zero-order valence-electron chi connectivity index (χ0n) is 25.7. The van der Waals surface area contributed by atoms with E-state index in [-0.39, 0.29) is 34.1 Å². The lowest BCUT2D eigenvalue weighted by Crippen LogP contribution is -2.72. The third-order valence-electron chi connectivity index (χ3n) is 9.00. The predicted octanol–water partition coefficient (Wildman–Crippen LogP) is 1.55. The molecule has 2 aromatic rings. The van der Waals surface area contributed by atoms with Crippen LogP contribution in [0.2, 0.25) is 0 Å². The van der Waals surface area contributed by atoms with Crippen molar-refractivity contribution in [3.05, 3.63) is 69.4 Å². The standard InChI is InChI=1S/C32H35N7O7S/c1-17(40)46-37-25(22-16-47-32(33)35-22)29(42)36-26-23-8-7-20(27(31(44)45)39(23)30(26)43)24(21-9-12-34-28(21)41)19-10-13-38(14-11-19)15-18-5-3-2-4-6-18/h2-6,16,19,23,26H,7-15H2,1H3,(H2,33,35)(H,34,41)(H,36,42)(H,44,45)/t23-,26+/m1/s1. The summed E-state index contributed by atoms with van der Waals surface area (Å²) >= 11 is 1.05. The molecule has 6 rings (SSSR count). The molecule has 2 atom stereocenters. The number of likely N-dealkylation sites (tertiary alicyclic amines) is 1. The molecule has 5 heterocycles. The van der Waals surface area contributed by atoms with Gasteiger partial charge in [-0.3, -0.25) is 24.2 Å². The summed E-state index contributed by atoms with van der Waals surface area (Å²) in [6.45, 7) is 3.97. The first-order chi connectivity index (χ1) is 22.6. The Morgan fingerprint density at radius 1 is 1.15 bits per heavy atom. The average Bonchev–Trinajstić information content (AvgIpc) is 3.68. The first-order valence-electron chi connectivity index (χ1n) is 15.5. The molecule has 0 aliphatic carbocycles. The first kappa shape index (κ1) is 32.1. The van der Waals surface area contributed by atoms with Crippen molar-refractivity contribution in [1.82, 2.24) is 25.4 Å². The number of carbonyl (C=O) groups is 5. The van der Waals surface area contributed by atoms with E-state index in [0.717, 1.165) is 56.3 Å². The predicted molar refractivity (Wildman–Crippen MR) is 170 cm³/mol. The fourth-order valence-electron chi connectivity index (χ4n) is 6.92. The van der Waals surface area contributed by atoms with Gasteiger partial charge in [-0.2, -0.15) is 0 Å². The number of nitrogens with zero attached hydrogens (tertiary/aromatic N) is 4. The van der Waals surface area contributed by atoms with E-state index in [1.54, 1.807) is 0 Å². The van der Waals surface area contributed by atoms with Crippen LogP contribution in [0.25, 0.3) is 0 Å². The van der Waals surface area contributed by atoms with Gasteiger partial charge in [0.2, 0.25) is 5.91 Å². The quantitative estimate of drug-likeness (QED) is 0.101. The number of fused-ring (bicyclic) bond motifs is 1. The van der Waals surface area contributed by atoms with Crippen molar-refractivity contribution in [3.63, 3.8) is 0 Å². The number of nitrogens with two attached hydrogens (primary N) is 1. The van der Waals surface area contributed by atoms with E-state index >= 15 is 0 Å². The van der Waals surface area contributed by atoms with Gasteiger partial charge in [0.1, 0.15) is 17.4 Å². The lowest BCUT2D eigenvalue weighted by molar-refractivity contribution is -0.155. The minimum absolute atomic E-state index is 0.0424. The van der Waals surface area contributed by atoms with Gasteiger partial charge in [0.05, 0.1) is 6.04 Å². The van der Waals surface area contributed by atoms with Gasteiger partial charge in [-0.05, 0) is 67.8 Å². The maximum absolute atomic E-state index is 13.6. The number of hydrogen-bond donors (Lipinski definition) is 4. The van der Waals surface area contributed by atoms with Crippen LogP contribution in [-0.4, -0.2) is 87.0 Å². The molecule has 3 amide bonds. The molecule has 0 bridgehead atoms. The molecule has 47 heavy (non-hydrogen) atoms. The van der Waals surface area contributed by atoms with Crippen molar-refractivity contribution < 1.29 is 33.9 Å². The molecule has 0 spiro atoms. The number of hydrogen-bond acceptors (Lipinski definition) is 11. The van der Waals surface area contributed by atoms with E-state index in [2.05, 4.69) is 42.6 Å². The largest absolute Gasteiger partial charge is 0.477 e. The Morgan fingerprint density at radius 3 is 2.51 bits per heavy atom. The Hall–Kier alpha value is -4.89. The first-order valence-corrected chi connectivity index (χ1v) is 16.4. The van der Waals surface area contributed by atoms with Crippen LogP contribution in [-0.2, 0) is 35.4 Å². The van der Waals surface area contributed by atoms with E-state index in [0.29, 0.717) is 37.0 Å². The molecule has 0 radical (unpaired) electrons. The highest BCUT2D eigenvalue weighted by Gasteiger charge is 2.54. The van der Waals surface area contributed by atoms with Gasteiger partial charge in [0.15, 0.2) is 10.8 Å². The van der Waals surface area contributed by atoms with Crippen LogP contribution < -0.4 is 16.4 Å². The van der Waals surface area contributed by atoms with Gasteiger partial charge in [-0.1, -0.05) is 35.5 Å². The average molecular weight is 662 g/mol. The third kappa shape index (κ3) is 6.53. The summed E-state index contributed by atoms with van der Waals surface area (Å²) in [5.41, 5.74) is 8.34. The Morgan fingerprint density at radius 2 is 1.89 bits per heavy atom. The van der Waals surface area contributed by atoms with Crippen LogP contribution in [0.3, 0.4) is 0 Å². The van der Waals surface area contributed by atoms with E-state index < -0.39 is 35.8 Å². The number of rotatable bonds is 9. The number of carboxylic acids is 1. The lowest BCUT2D eigenvalue weighted by atomic mass is 9.75. The second-order valence-electron chi connectivity index (χ2n) is 11.9. The van der Waals surface area contributed by atoms with Gasteiger partial charge in [0, 0.05) is 31.0 Å². The smallest absolute Gasteiger partial charge is 0.352 e. The molecule has 3 saturated heterocycles. The molecule has 5 N–H and O–H groups in total. The minimum Gasteiger partial charge on any atom is -0.477 e. The molecule has 15 heteroatoms. The topological polar surface area (TPSA) is 197 Å². The third-order valence-corrected chi connectivity index (χ3v) is 9.67. The maximum Gasteiger partial charge on any atom is 0.352 e. The second-order valence-corrected chi connectivity index (χ2v) is 12.8. The number of nitrogens with one attached hydrogen (secondary N) is 2. The lowest BCUT2D eigenvalue weighted by Gasteiger charge is -2.51. The highest BCUT2D eigenvalue weighted by atomic mass is 32.1. The summed E-state index contributed by atoms with van der Waals surface area (Å²) in [6, 6.07) is 8.52. The second kappa shape index (κ2) is 13.5. The number of aliphatic carboxylic acids is 1. The number of allylic oxidation sites excluding steroid dienone is 2. The molecule has 3 fully saturated rings. The molecule has 0 unspecified atom stereocenters. The summed E-state index contributed by atoms with van der Waals surface area (Å²) in [5, 5.41) is 21.2. The van der Waals surface area contributed by atoms with Crippen molar-refractivity contribution in [3.8, 4) is 0 Å². The van der Waals surface area contributed by atoms with Crippen LogP contribution in [0.4, 0.5) is 5.13 Å². The number of carboxylic acid groups (broad SMARTS) is 1. The zero-order chi connectivity index (χ0) is 33.2. The van der Waals surface area contributed by atoms with Crippen molar-refractivity contribution in [2.45, 2.75) is 57.7 Å². The summed E-state index contributed by atoms with van der Waals surface area (Å²) in [5.74, 6) is -3.69. The molecular formula is C32H35N7O7S. The molecule has 1 aromatic heterocycles. The number of aromatic nitrogens is 1. The van der Waals surface area contributed by atoms with Crippen LogP contribution in [0, 0.1) is 5.92 Å². The molecular weight excluding hydrogens is 626 g/mol. The maximum atomic E-state index is 13.6. The Kier molecular flexibility index (Phi) is 9.18.